The van der Waals surface area contributed by atoms with E-state index in [1.807, 2.05) is 0 Å². The van der Waals surface area contributed by atoms with E-state index in [2.05, 4.69) is 17.0 Å². The molecule has 47 heavy (non-hydrogen) atoms. The van der Waals surface area contributed by atoms with E-state index in [4.69, 9.17) is 21.1 Å². The van der Waals surface area contributed by atoms with Gasteiger partial charge in [0.1, 0.15) is 11.5 Å². The molecule has 5 aromatic rings. The molecule has 0 radical (unpaired) electrons. The first-order valence-corrected chi connectivity index (χ1v) is 16.1. The second-order valence-corrected chi connectivity index (χ2v) is 12.9. The molecule has 0 aliphatic heterocycles. The number of hydrogen-bond donors (Lipinski definition) is 1. The molecule has 0 aliphatic rings. The molecule has 9 nitrogen and oxygen atoms in total. The number of ether oxygens (including phenoxy) is 2. The summed E-state index contributed by atoms with van der Waals surface area (Å²) in [7, 11) is -1.39. The van der Waals surface area contributed by atoms with Crippen LogP contribution in [0.5, 0.6) is 11.5 Å². The van der Waals surface area contributed by atoms with Crippen molar-refractivity contribution in [1.82, 2.24) is 14.1 Å². The van der Waals surface area contributed by atoms with Crippen LogP contribution in [0.3, 0.4) is 0 Å². The lowest BCUT2D eigenvalue weighted by Gasteiger charge is -2.23. The van der Waals surface area contributed by atoms with E-state index in [1.54, 1.807) is 72.8 Å². The van der Waals surface area contributed by atoms with Gasteiger partial charge in [0.15, 0.2) is 0 Å². The maximum atomic E-state index is 14.7. The van der Waals surface area contributed by atoms with Crippen LogP contribution in [-0.2, 0) is 40.4 Å². The number of anilines is 1. The first-order chi connectivity index (χ1) is 22.4. The second kappa shape index (κ2) is 13.9. The van der Waals surface area contributed by atoms with E-state index in [0.717, 1.165) is 6.20 Å². The van der Waals surface area contributed by atoms with E-state index in [-0.39, 0.29) is 41.0 Å². The van der Waals surface area contributed by atoms with E-state index in [1.165, 1.54) is 30.7 Å². The van der Waals surface area contributed by atoms with Gasteiger partial charge in [0.25, 0.3) is 0 Å². The molecule has 0 saturated carbocycles. The number of methoxy groups -OCH3 is 2. The molecule has 1 amide bonds. The van der Waals surface area contributed by atoms with Gasteiger partial charge in [-0.2, -0.15) is 18.2 Å². The molecule has 1 heterocycles. The van der Waals surface area contributed by atoms with Crippen LogP contribution in [0.2, 0.25) is 5.02 Å². The van der Waals surface area contributed by atoms with Crippen LogP contribution < -0.4 is 14.8 Å². The Balaban J connectivity index is 1.60. The van der Waals surface area contributed by atoms with Crippen LogP contribution in [-0.4, -0.2) is 42.6 Å². The summed E-state index contributed by atoms with van der Waals surface area (Å²) in [6.07, 6.45) is 1.25. The zero-order valence-electron chi connectivity index (χ0n) is 25.5. The summed E-state index contributed by atoms with van der Waals surface area (Å²) in [5.41, 5.74) is 1.83. The van der Waals surface area contributed by atoms with Crippen LogP contribution in [0, 0.1) is 0 Å². The molecule has 0 fully saturated rings. The SMILES string of the molecule is C=CC(F)(F)n1cc2c(S(=O)(=O)N(Cc3ccc(OC)cc3)Cc3ccc(OC)cc3)cc(NC(=O)Cc3ccccc3Cl)cc2n1. The minimum atomic E-state index is -4.44. The lowest BCUT2D eigenvalue weighted by molar-refractivity contribution is -0.115. The number of amides is 1. The lowest BCUT2D eigenvalue weighted by Crippen LogP contribution is -2.30. The fourth-order valence-corrected chi connectivity index (χ4v) is 6.71. The third-order valence-corrected chi connectivity index (χ3v) is 9.58. The Morgan fingerprint density at radius 2 is 1.55 bits per heavy atom. The molecule has 0 spiro atoms. The summed E-state index contributed by atoms with van der Waals surface area (Å²) < 4.78 is 70.7. The van der Waals surface area contributed by atoms with Crippen LogP contribution in [0.15, 0.2) is 109 Å². The smallest absolute Gasteiger partial charge is 0.363 e. The predicted octanol–water partition coefficient (Wildman–Crippen LogP) is 7.01. The quantitative estimate of drug-likeness (QED) is 0.134. The second-order valence-electron chi connectivity index (χ2n) is 10.6. The Morgan fingerprint density at radius 3 is 2.09 bits per heavy atom. The molecule has 0 bridgehead atoms. The number of nitrogens with zero attached hydrogens (tertiary/aromatic N) is 3. The van der Waals surface area contributed by atoms with E-state index >= 15 is 0 Å². The Hall–Kier alpha value is -4.78. The number of aromatic nitrogens is 2. The van der Waals surface area contributed by atoms with Gasteiger partial charge in [-0.15, -0.1) is 0 Å². The summed E-state index contributed by atoms with van der Waals surface area (Å²) in [4.78, 5) is 12.7. The first kappa shape index (κ1) is 33.6. The fraction of sp³-hybridized carbons (Fsp3) is 0.176. The van der Waals surface area contributed by atoms with Gasteiger partial charge in [0, 0.05) is 41.5 Å². The topological polar surface area (TPSA) is 103 Å². The highest BCUT2D eigenvalue weighted by molar-refractivity contribution is 7.89. The molecule has 0 aliphatic carbocycles. The van der Waals surface area contributed by atoms with Crippen molar-refractivity contribution in [3.05, 3.63) is 125 Å². The average Bonchev–Trinajstić information content (AvgIpc) is 3.51. The molecule has 1 aromatic heterocycles. The number of nitrogens with one attached hydrogen (secondary N) is 1. The number of halogens is 3. The van der Waals surface area contributed by atoms with Crippen molar-refractivity contribution in [2.24, 2.45) is 0 Å². The number of carbonyl (C=O) groups is 1. The zero-order valence-corrected chi connectivity index (χ0v) is 27.1. The van der Waals surface area contributed by atoms with E-state index in [0.29, 0.717) is 44.0 Å². The Kier molecular flexibility index (Phi) is 9.94. The zero-order chi connectivity index (χ0) is 33.8. The maximum Gasteiger partial charge on any atom is 0.363 e. The fourth-order valence-electron chi connectivity index (χ4n) is 4.88. The van der Waals surface area contributed by atoms with Gasteiger partial charge in [0.05, 0.1) is 31.1 Å². The summed E-state index contributed by atoms with van der Waals surface area (Å²) in [5, 5.41) is 6.98. The number of sulfonamides is 1. The van der Waals surface area contributed by atoms with Gasteiger partial charge in [0.2, 0.25) is 15.9 Å². The van der Waals surface area contributed by atoms with Gasteiger partial charge in [-0.05, 0) is 59.2 Å². The Labute approximate surface area is 276 Å². The molecule has 4 aromatic carbocycles. The van der Waals surface area contributed by atoms with Gasteiger partial charge >= 0.3 is 6.05 Å². The van der Waals surface area contributed by atoms with Crippen molar-refractivity contribution in [3.8, 4) is 11.5 Å². The number of carbonyl (C=O) groups excluding carboxylic acids is 1. The maximum absolute atomic E-state index is 14.7. The lowest BCUT2D eigenvalue weighted by atomic mass is 10.1. The van der Waals surface area contributed by atoms with Crippen molar-refractivity contribution in [2.45, 2.75) is 30.5 Å². The third-order valence-electron chi connectivity index (χ3n) is 7.38. The highest BCUT2D eigenvalue weighted by atomic mass is 35.5. The molecule has 0 atom stereocenters. The predicted molar refractivity (Wildman–Crippen MR) is 176 cm³/mol. The van der Waals surface area contributed by atoms with Gasteiger partial charge in [-0.25, -0.2) is 13.1 Å². The van der Waals surface area contributed by atoms with Crippen molar-refractivity contribution in [3.63, 3.8) is 0 Å². The van der Waals surface area contributed by atoms with Crippen molar-refractivity contribution < 1.29 is 31.5 Å². The Bertz CT molecular complexity index is 1970. The minimum Gasteiger partial charge on any atom is -0.497 e. The van der Waals surface area contributed by atoms with Gasteiger partial charge < -0.3 is 14.8 Å². The van der Waals surface area contributed by atoms with Gasteiger partial charge in [-0.1, -0.05) is 60.6 Å². The number of benzene rings is 4. The molecule has 5 rings (SSSR count). The molecule has 0 saturated heterocycles. The highest BCUT2D eigenvalue weighted by Crippen LogP contribution is 2.34. The average molecular weight is 681 g/mol. The normalized spacial score (nSPS) is 11.9. The first-order valence-electron chi connectivity index (χ1n) is 14.3. The summed E-state index contributed by atoms with van der Waals surface area (Å²) in [6.45, 7) is 3.04. The molecule has 0 unspecified atom stereocenters. The number of alkyl halides is 2. The monoisotopic (exact) mass is 680 g/mol. The Morgan fingerprint density at radius 1 is 0.979 bits per heavy atom. The molecule has 244 valence electrons. The number of rotatable bonds is 13. The van der Waals surface area contributed by atoms with Crippen LogP contribution >= 0.6 is 11.6 Å². The highest BCUT2D eigenvalue weighted by Gasteiger charge is 2.32. The number of allylic oxidation sites excluding steroid dienone is 1. The van der Waals surface area contributed by atoms with Gasteiger partial charge in [-0.3, -0.25) is 4.79 Å². The van der Waals surface area contributed by atoms with E-state index < -0.39 is 22.0 Å². The van der Waals surface area contributed by atoms with Crippen LogP contribution in [0.25, 0.3) is 10.9 Å². The van der Waals surface area contributed by atoms with Crippen molar-refractivity contribution >= 4 is 44.1 Å². The molecular weight excluding hydrogens is 650 g/mol. The molecular formula is C34H31ClF2N4O5S. The third kappa shape index (κ3) is 7.62. The minimum absolute atomic E-state index is 0.0501. The summed E-state index contributed by atoms with van der Waals surface area (Å²) in [5.74, 6) is 0.691. The summed E-state index contributed by atoms with van der Waals surface area (Å²) >= 11 is 6.22. The van der Waals surface area contributed by atoms with Crippen molar-refractivity contribution in [2.75, 3.05) is 19.5 Å². The largest absolute Gasteiger partial charge is 0.497 e. The van der Waals surface area contributed by atoms with Crippen LogP contribution in [0.4, 0.5) is 14.5 Å². The van der Waals surface area contributed by atoms with Crippen molar-refractivity contribution in [1.29, 1.82) is 0 Å². The molecule has 1 N–H and O–H groups in total. The van der Waals surface area contributed by atoms with E-state index in [9.17, 15) is 22.0 Å². The summed E-state index contributed by atoms with van der Waals surface area (Å²) in [6, 6.07) is 19.6. The van der Waals surface area contributed by atoms with Crippen LogP contribution in [0.1, 0.15) is 16.7 Å². The number of fused-ring (bicyclic) bond motifs is 1. The molecule has 13 heteroatoms. The number of hydrogen-bond acceptors (Lipinski definition) is 6. The standard InChI is InChI=1S/C34H31ClF2N4O5S/c1-4-34(36,37)41-22-29-31(39-41)18-26(38-33(42)17-25-7-5-6-8-30(25)35)19-32(29)47(43,44)40(20-23-9-13-27(45-2)14-10-23)21-24-11-15-28(46-3)16-12-24/h4-16,18-19,22H,1,17,20-21H2,2-3H3,(H,38,42).